The molecule has 4 heteroatoms. The molecular weight excluding hydrogens is 719 g/mol. The summed E-state index contributed by atoms with van der Waals surface area (Å²) < 4.78 is 11.5. The van der Waals surface area contributed by atoms with E-state index in [2.05, 4.69) is 175 Å². The SMILES string of the molecule is c1ccc2oc(-c3ccc(-c4ccc(N(c5ccc6ccc7c8ccccc8sc7c6c5)c5ccc6ccc7c8ccccc8sc7c6c5)cc4)cc3)cc2c1. The van der Waals surface area contributed by atoms with Gasteiger partial charge in [-0.15, -0.1) is 22.7 Å². The van der Waals surface area contributed by atoms with Gasteiger partial charge >= 0.3 is 0 Å². The minimum atomic E-state index is 0.885. The molecule has 0 atom stereocenters. The van der Waals surface area contributed by atoms with Crippen molar-refractivity contribution in [3.63, 3.8) is 0 Å². The Balaban J connectivity index is 0.999. The summed E-state index contributed by atoms with van der Waals surface area (Å²) in [6.45, 7) is 0. The summed E-state index contributed by atoms with van der Waals surface area (Å²) >= 11 is 3.77. The lowest BCUT2D eigenvalue weighted by atomic mass is 10.0. The first-order chi connectivity index (χ1) is 27.7. The smallest absolute Gasteiger partial charge is 0.135 e. The average Bonchev–Trinajstić information content (AvgIpc) is 3.98. The molecule has 9 aromatic carbocycles. The number of rotatable bonds is 5. The fraction of sp³-hybridized carbons (Fsp3) is 0. The molecular formula is C52H31NOS2. The van der Waals surface area contributed by atoms with E-state index in [4.69, 9.17) is 4.42 Å². The number of hydrogen-bond acceptors (Lipinski definition) is 4. The first kappa shape index (κ1) is 31.6. The molecule has 0 fully saturated rings. The number of nitrogens with zero attached hydrogens (tertiary/aromatic N) is 1. The van der Waals surface area contributed by atoms with Crippen LogP contribution in [0.2, 0.25) is 0 Å². The zero-order chi connectivity index (χ0) is 36.7. The third-order valence-electron chi connectivity index (χ3n) is 11.3. The van der Waals surface area contributed by atoms with E-state index in [0.29, 0.717) is 0 Å². The highest BCUT2D eigenvalue weighted by molar-refractivity contribution is 7.27. The minimum absolute atomic E-state index is 0.885. The quantitative estimate of drug-likeness (QED) is 0.174. The molecule has 56 heavy (non-hydrogen) atoms. The highest BCUT2D eigenvalue weighted by Crippen LogP contribution is 2.45. The number of thiophene rings is 2. The predicted octanol–water partition coefficient (Wildman–Crippen LogP) is 16.3. The Morgan fingerprint density at radius 2 is 0.821 bits per heavy atom. The summed E-state index contributed by atoms with van der Waals surface area (Å²) in [5, 5.41) is 11.4. The van der Waals surface area contributed by atoms with Gasteiger partial charge in [-0.1, -0.05) is 127 Å². The molecule has 0 N–H and O–H groups in total. The zero-order valence-corrected chi connectivity index (χ0v) is 31.7. The molecule has 0 bridgehead atoms. The number of benzene rings is 9. The Morgan fingerprint density at radius 1 is 0.339 bits per heavy atom. The lowest BCUT2D eigenvalue weighted by Crippen LogP contribution is -2.10. The normalized spacial score (nSPS) is 11.9. The van der Waals surface area contributed by atoms with Gasteiger partial charge in [0, 0.05) is 79.1 Å². The Labute approximate surface area is 330 Å². The van der Waals surface area contributed by atoms with Crippen molar-refractivity contribution >= 4 is 113 Å². The summed E-state index contributed by atoms with van der Waals surface area (Å²) in [5.74, 6) is 0.885. The van der Waals surface area contributed by atoms with Gasteiger partial charge in [-0.3, -0.25) is 0 Å². The third-order valence-corrected chi connectivity index (χ3v) is 13.7. The molecule has 262 valence electrons. The third kappa shape index (κ3) is 5.00. The van der Waals surface area contributed by atoms with E-state index in [0.717, 1.165) is 39.4 Å². The molecule has 0 spiro atoms. The Bertz CT molecular complexity index is 3290. The molecule has 0 aliphatic rings. The van der Waals surface area contributed by atoms with Crippen LogP contribution in [0.3, 0.4) is 0 Å². The van der Waals surface area contributed by atoms with E-state index < -0.39 is 0 Å². The van der Waals surface area contributed by atoms with Crippen LogP contribution in [0.25, 0.3) is 95.3 Å². The summed E-state index contributed by atoms with van der Waals surface area (Å²) in [6.07, 6.45) is 0. The monoisotopic (exact) mass is 749 g/mol. The van der Waals surface area contributed by atoms with Crippen LogP contribution in [0.4, 0.5) is 17.1 Å². The highest BCUT2D eigenvalue weighted by Gasteiger charge is 2.18. The summed E-state index contributed by atoms with van der Waals surface area (Å²) in [6, 6.07) is 68.5. The Hall–Kier alpha value is -6.72. The van der Waals surface area contributed by atoms with Crippen molar-refractivity contribution in [2.45, 2.75) is 0 Å². The largest absolute Gasteiger partial charge is 0.456 e. The molecule has 0 amide bonds. The second-order valence-electron chi connectivity index (χ2n) is 14.5. The van der Waals surface area contributed by atoms with Gasteiger partial charge in [-0.25, -0.2) is 0 Å². The van der Waals surface area contributed by atoms with Crippen LogP contribution >= 0.6 is 22.7 Å². The van der Waals surface area contributed by atoms with Crippen molar-refractivity contribution in [2.75, 3.05) is 4.90 Å². The maximum atomic E-state index is 6.15. The second-order valence-corrected chi connectivity index (χ2v) is 16.6. The molecule has 3 aromatic heterocycles. The van der Waals surface area contributed by atoms with Crippen LogP contribution in [-0.2, 0) is 0 Å². The Kier molecular flexibility index (Phi) is 7.00. The number of furan rings is 1. The first-order valence-corrected chi connectivity index (χ1v) is 20.5. The van der Waals surface area contributed by atoms with Crippen LogP contribution in [0.15, 0.2) is 192 Å². The lowest BCUT2D eigenvalue weighted by molar-refractivity contribution is 0.631. The second kappa shape index (κ2) is 12.4. The van der Waals surface area contributed by atoms with Crippen molar-refractivity contribution in [3.8, 4) is 22.5 Å². The van der Waals surface area contributed by atoms with E-state index >= 15 is 0 Å². The molecule has 12 aromatic rings. The number of anilines is 3. The van der Waals surface area contributed by atoms with Crippen LogP contribution in [-0.4, -0.2) is 0 Å². The van der Waals surface area contributed by atoms with Gasteiger partial charge < -0.3 is 9.32 Å². The molecule has 0 aliphatic carbocycles. The van der Waals surface area contributed by atoms with Crippen molar-refractivity contribution < 1.29 is 4.42 Å². The minimum Gasteiger partial charge on any atom is -0.456 e. The van der Waals surface area contributed by atoms with Crippen molar-refractivity contribution in [1.82, 2.24) is 0 Å². The van der Waals surface area contributed by atoms with Gasteiger partial charge in [-0.2, -0.15) is 0 Å². The van der Waals surface area contributed by atoms with Gasteiger partial charge in [0.25, 0.3) is 0 Å². The number of para-hydroxylation sites is 1. The van der Waals surface area contributed by atoms with Crippen LogP contribution in [0.5, 0.6) is 0 Å². The summed E-state index contributed by atoms with van der Waals surface area (Å²) in [7, 11) is 0. The van der Waals surface area contributed by atoms with Gasteiger partial charge in [-0.05, 0) is 82.6 Å². The maximum absolute atomic E-state index is 6.15. The first-order valence-electron chi connectivity index (χ1n) is 18.9. The van der Waals surface area contributed by atoms with Crippen molar-refractivity contribution in [2.24, 2.45) is 0 Å². The fourth-order valence-electron chi connectivity index (χ4n) is 8.46. The molecule has 12 rings (SSSR count). The van der Waals surface area contributed by atoms with E-state index in [1.165, 1.54) is 73.0 Å². The molecule has 2 nitrogen and oxygen atoms in total. The van der Waals surface area contributed by atoms with Gasteiger partial charge in [0.15, 0.2) is 0 Å². The Morgan fingerprint density at radius 3 is 1.41 bits per heavy atom. The zero-order valence-electron chi connectivity index (χ0n) is 30.1. The van der Waals surface area contributed by atoms with Gasteiger partial charge in [0.05, 0.1) is 0 Å². The van der Waals surface area contributed by atoms with Crippen molar-refractivity contribution in [3.05, 3.63) is 188 Å². The maximum Gasteiger partial charge on any atom is 0.135 e. The number of fused-ring (bicyclic) bond motifs is 11. The molecule has 0 unspecified atom stereocenters. The molecule has 0 radical (unpaired) electrons. The molecule has 0 saturated heterocycles. The lowest BCUT2D eigenvalue weighted by Gasteiger charge is -2.26. The van der Waals surface area contributed by atoms with Crippen LogP contribution < -0.4 is 4.90 Å². The van der Waals surface area contributed by atoms with E-state index in [-0.39, 0.29) is 0 Å². The standard InChI is InChI=1S/C52H31NOS2/c1-4-10-47-37(7-1)29-48(54-47)36-15-13-32(14-16-36)33-17-23-38(24-18-33)53(39-25-19-34-21-27-43-41-8-2-5-11-49(41)55-51(43)45(34)30-39)40-26-20-35-22-28-44-42-9-3-6-12-50(42)56-52(44)46(35)31-40/h1-31H. The van der Waals surface area contributed by atoms with Crippen molar-refractivity contribution in [1.29, 1.82) is 0 Å². The van der Waals surface area contributed by atoms with Crippen LogP contribution in [0, 0.1) is 0 Å². The predicted molar refractivity (Wildman–Crippen MR) is 243 cm³/mol. The van der Waals surface area contributed by atoms with Crippen LogP contribution in [0.1, 0.15) is 0 Å². The number of hydrogen-bond donors (Lipinski definition) is 0. The molecule has 0 aliphatic heterocycles. The highest BCUT2D eigenvalue weighted by atomic mass is 32.1. The topological polar surface area (TPSA) is 16.4 Å². The molecule has 3 heterocycles. The molecule has 0 saturated carbocycles. The summed E-state index contributed by atoms with van der Waals surface area (Å²) in [4.78, 5) is 2.42. The van der Waals surface area contributed by atoms with Gasteiger partial charge in [0.2, 0.25) is 0 Å². The van der Waals surface area contributed by atoms with E-state index in [1.807, 2.05) is 40.9 Å². The van der Waals surface area contributed by atoms with E-state index in [9.17, 15) is 0 Å². The van der Waals surface area contributed by atoms with E-state index in [1.54, 1.807) is 0 Å². The fourth-order valence-corrected chi connectivity index (χ4v) is 10.9. The van der Waals surface area contributed by atoms with Gasteiger partial charge in [0.1, 0.15) is 11.3 Å². The summed E-state index contributed by atoms with van der Waals surface area (Å²) in [5.41, 5.74) is 7.69. The average molecular weight is 750 g/mol.